The molecule has 0 radical (unpaired) electrons. The Morgan fingerprint density at radius 3 is 2.68 bits per heavy atom. The van der Waals surface area contributed by atoms with E-state index in [1.54, 1.807) is 12.1 Å². The predicted octanol–water partition coefficient (Wildman–Crippen LogP) is 3.89. The van der Waals surface area contributed by atoms with Crippen LogP contribution in [-0.2, 0) is 17.8 Å². The first-order valence-electron chi connectivity index (χ1n) is 10.8. The van der Waals surface area contributed by atoms with E-state index in [-0.39, 0.29) is 23.7 Å². The number of likely N-dealkylation sites (tertiary alicyclic amines) is 1. The summed E-state index contributed by atoms with van der Waals surface area (Å²) in [6, 6.07) is 14.5. The third-order valence-corrected chi connectivity index (χ3v) is 6.33. The Morgan fingerprint density at radius 2 is 1.87 bits per heavy atom. The second-order valence-electron chi connectivity index (χ2n) is 8.37. The number of halogens is 1. The van der Waals surface area contributed by atoms with E-state index < -0.39 is 0 Å². The van der Waals surface area contributed by atoms with E-state index in [1.807, 2.05) is 6.07 Å². The van der Waals surface area contributed by atoms with Crippen LogP contribution < -0.4 is 5.32 Å². The smallest absolute Gasteiger partial charge is 0.257 e. The van der Waals surface area contributed by atoms with Crippen molar-refractivity contribution in [3.05, 3.63) is 71.3 Å². The van der Waals surface area contributed by atoms with Gasteiger partial charge in [0.2, 0.25) is 5.91 Å². The van der Waals surface area contributed by atoms with Crippen LogP contribution in [0, 0.1) is 11.7 Å². The molecule has 0 spiro atoms. The van der Waals surface area contributed by atoms with Crippen LogP contribution in [0.4, 0.5) is 4.39 Å². The maximum atomic E-state index is 13.1. The normalized spacial score (nSPS) is 19.3. The topological polar surface area (TPSA) is 71.3 Å². The predicted molar refractivity (Wildman–Crippen MR) is 113 cm³/mol. The molecule has 0 unspecified atom stereocenters. The molecule has 1 atom stereocenters. The lowest BCUT2D eigenvalue weighted by Crippen LogP contribution is -2.41. The summed E-state index contributed by atoms with van der Waals surface area (Å²) < 4.78 is 18.4. The lowest BCUT2D eigenvalue weighted by Gasteiger charge is -2.31. The van der Waals surface area contributed by atoms with Gasteiger partial charge < -0.3 is 9.84 Å². The van der Waals surface area contributed by atoms with Crippen molar-refractivity contribution >= 4 is 5.91 Å². The van der Waals surface area contributed by atoms with Crippen LogP contribution in [0.3, 0.4) is 0 Å². The van der Waals surface area contributed by atoms with Crippen molar-refractivity contribution in [2.24, 2.45) is 5.92 Å². The molecule has 0 saturated carbocycles. The van der Waals surface area contributed by atoms with Gasteiger partial charge >= 0.3 is 0 Å². The summed E-state index contributed by atoms with van der Waals surface area (Å²) in [4.78, 5) is 19.5. The number of carbonyl (C=O) groups excluding carboxylic acids is 1. The van der Waals surface area contributed by atoms with Crippen molar-refractivity contribution in [2.45, 2.75) is 38.3 Å². The summed E-state index contributed by atoms with van der Waals surface area (Å²) in [5.41, 5.74) is 3.31. The number of aryl methyl sites for hydroxylation is 1. The van der Waals surface area contributed by atoms with Gasteiger partial charge in [-0.05, 0) is 74.2 Å². The van der Waals surface area contributed by atoms with Crippen LogP contribution in [0.1, 0.15) is 42.3 Å². The van der Waals surface area contributed by atoms with Gasteiger partial charge in [-0.2, -0.15) is 4.98 Å². The largest absolute Gasteiger partial charge is 0.349 e. The molecule has 3 aromatic rings. The Hall–Kier alpha value is -3.06. The van der Waals surface area contributed by atoms with E-state index in [1.165, 1.54) is 23.3 Å². The Kier molecular flexibility index (Phi) is 5.51. The SMILES string of the molecule is O=C(N[C@@H]1CCc2ccccc21)C1CCN(Cc2noc(-c3ccc(F)cc3)n2)CC1. The minimum Gasteiger partial charge on any atom is -0.349 e. The standard InChI is InChI=1S/C24H25FN4O2/c25-19-8-5-18(6-9-19)24-27-22(28-31-24)15-29-13-11-17(12-14-29)23(30)26-21-10-7-16-3-1-2-4-20(16)21/h1-6,8-9,17,21H,7,10-15H2,(H,26,30)/t21-/m1/s1. The summed E-state index contributed by atoms with van der Waals surface area (Å²) in [5, 5.41) is 7.32. The molecule has 1 saturated heterocycles. The number of hydrogen-bond donors (Lipinski definition) is 1. The van der Waals surface area contributed by atoms with Crippen molar-refractivity contribution in [1.82, 2.24) is 20.4 Å². The number of piperidine rings is 1. The first-order chi connectivity index (χ1) is 15.2. The number of nitrogens with one attached hydrogen (secondary N) is 1. The molecule has 31 heavy (non-hydrogen) atoms. The highest BCUT2D eigenvalue weighted by Gasteiger charge is 2.29. The molecule has 0 bridgehead atoms. The number of benzene rings is 2. The average molecular weight is 420 g/mol. The minimum atomic E-state index is -0.299. The highest BCUT2D eigenvalue weighted by atomic mass is 19.1. The molecule has 7 heteroatoms. The van der Waals surface area contributed by atoms with E-state index in [4.69, 9.17) is 4.52 Å². The van der Waals surface area contributed by atoms with Gasteiger partial charge in [0.25, 0.3) is 5.89 Å². The lowest BCUT2D eigenvalue weighted by molar-refractivity contribution is -0.127. The number of rotatable bonds is 5. The molecule has 2 heterocycles. The van der Waals surface area contributed by atoms with E-state index in [2.05, 4.69) is 38.6 Å². The van der Waals surface area contributed by atoms with Gasteiger partial charge in [-0.25, -0.2) is 4.39 Å². The van der Waals surface area contributed by atoms with Crippen molar-refractivity contribution in [2.75, 3.05) is 13.1 Å². The van der Waals surface area contributed by atoms with Crippen LogP contribution >= 0.6 is 0 Å². The summed E-state index contributed by atoms with van der Waals surface area (Å²) in [6.07, 6.45) is 3.66. The fraction of sp³-hybridized carbons (Fsp3) is 0.375. The summed E-state index contributed by atoms with van der Waals surface area (Å²) in [7, 11) is 0. The summed E-state index contributed by atoms with van der Waals surface area (Å²) in [6.45, 7) is 2.22. The Bertz CT molecular complexity index is 1060. The van der Waals surface area contributed by atoms with Crippen LogP contribution in [0.5, 0.6) is 0 Å². The molecule has 2 aliphatic rings. The van der Waals surface area contributed by atoms with Crippen molar-refractivity contribution < 1.29 is 13.7 Å². The van der Waals surface area contributed by atoms with Gasteiger partial charge in [0.05, 0.1) is 12.6 Å². The Labute approximate surface area is 180 Å². The quantitative estimate of drug-likeness (QED) is 0.678. The maximum absolute atomic E-state index is 13.1. The first-order valence-corrected chi connectivity index (χ1v) is 10.8. The van der Waals surface area contributed by atoms with Gasteiger partial charge in [0, 0.05) is 11.5 Å². The molecule has 1 aromatic heterocycles. The monoisotopic (exact) mass is 420 g/mol. The third kappa shape index (κ3) is 4.37. The van der Waals surface area contributed by atoms with Gasteiger partial charge in [-0.15, -0.1) is 0 Å². The van der Waals surface area contributed by atoms with Crippen molar-refractivity contribution in [1.29, 1.82) is 0 Å². The fourth-order valence-corrected chi connectivity index (χ4v) is 4.58. The minimum absolute atomic E-state index is 0.0454. The zero-order chi connectivity index (χ0) is 21.2. The van der Waals surface area contributed by atoms with Crippen molar-refractivity contribution in [3.63, 3.8) is 0 Å². The molecule has 1 aliphatic carbocycles. The molecule has 1 amide bonds. The number of carbonyl (C=O) groups is 1. The second-order valence-corrected chi connectivity index (χ2v) is 8.37. The fourth-order valence-electron chi connectivity index (χ4n) is 4.58. The van der Waals surface area contributed by atoms with Crippen LogP contribution in [0.25, 0.3) is 11.5 Å². The Balaban J connectivity index is 1.12. The van der Waals surface area contributed by atoms with E-state index >= 15 is 0 Å². The zero-order valence-electron chi connectivity index (χ0n) is 17.3. The molecule has 6 nitrogen and oxygen atoms in total. The molecular formula is C24H25FN4O2. The van der Waals surface area contributed by atoms with Crippen LogP contribution in [-0.4, -0.2) is 34.0 Å². The molecule has 2 aromatic carbocycles. The molecule has 1 N–H and O–H groups in total. The van der Waals surface area contributed by atoms with Crippen LogP contribution in [0.2, 0.25) is 0 Å². The molecule has 5 rings (SSSR count). The lowest BCUT2D eigenvalue weighted by atomic mass is 9.95. The number of hydrogen-bond acceptors (Lipinski definition) is 5. The molecule has 160 valence electrons. The van der Waals surface area contributed by atoms with Crippen molar-refractivity contribution in [3.8, 4) is 11.5 Å². The summed E-state index contributed by atoms with van der Waals surface area (Å²) >= 11 is 0. The zero-order valence-corrected chi connectivity index (χ0v) is 17.3. The first kappa shape index (κ1) is 19.9. The van der Waals surface area contributed by atoms with Gasteiger partial charge in [0.1, 0.15) is 5.82 Å². The third-order valence-electron chi connectivity index (χ3n) is 6.33. The second kappa shape index (κ2) is 8.59. The average Bonchev–Trinajstić information content (AvgIpc) is 3.42. The number of amides is 1. The van der Waals surface area contributed by atoms with E-state index in [0.717, 1.165) is 38.8 Å². The molecule has 1 fully saturated rings. The highest BCUT2D eigenvalue weighted by molar-refractivity contribution is 5.79. The number of nitrogens with zero attached hydrogens (tertiary/aromatic N) is 3. The number of aromatic nitrogens is 2. The number of fused-ring (bicyclic) bond motifs is 1. The van der Waals surface area contributed by atoms with Crippen LogP contribution in [0.15, 0.2) is 53.1 Å². The highest BCUT2D eigenvalue weighted by Crippen LogP contribution is 2.31. The van der Waals surface area contributed by atoms with E-state index in [9.17, 15) is 9.18 Å². The molecular weight excluding hydrogens is 395 g/mol. The maximum Gasteiger partial charge on any atom is 0.257 e. The van der Waals surface area contributed by atoms with Gasteiger partial charge in [-0.3, -0.25) is 9.69 Å². The summed E-state index contributed by atoms with van der Waals surface area (Å²) in [5.74, 6) is 0.905. The molecule has 1 aliphatic heterocycles. The Morgan fingerprint density at radius 1 is 1.10 bits per heavy atom. The van der Waals surface area contributed by atoms with E-state index in [0.29, 0.717) is 23.8 Å². The van der Waals surface area contributed by atoms with Gasteiger partial charge in [0.15, 0.2) is 5.82 Å². The van der Waals surface area contributed by atoms with Gasteiger partial charge in [-0.1, -0.05) is 29.4 Å².